The zero-order chi connectivity index (χ0) is 22.8. The number of nitrogens with zero attached hydrogens (tertiary/aromatic N) is 5. The highest BCUT2D eigenvalue weighted by molar-refractivity contribution is 5.80. The monoisotopic (exact) mass is 438 g/mol. The summed E-state index contributed by atoms with van der Waals surface area (Å²) >= 11 is 0. The summed E-state index contributed by atoms with van der Waals surface area (Å²) in [5.41, 5.74) is 1.29. The SMILES string of the molecule is CCCn1c(N2CCCC(C(=O)NCc3nc4ccccc4n3C)C2)cc(=O)n(C)c1=O. The summed E-state index contributed by atoms with van der Waals surface area (Å²) in [7, 11) is 3.44. The highest BCUT2D eigenvalue weighted by Gasteiger charge is 2.28. The third kappa shape index (κ3) is 4.06. The van der Waals surface area contributed by atoms with Gasteiger partial charge in [0.2, 0.25) is 5.91 Å². The Kier molecular flexibility index (Phi) is 6.16. The van der Waals surface area contributed by atoms with Crippen LogP contribution in [0.3, 0.4) is 0 Å². The second-order valence-electron chi connectivity index (χ2n) is 8.41. The molecule has 9 heteroatoms. The van der Waals surface area contributed by atoms with Gasteiger partial charge in [0.05, 0.1) is 23.5 Å². The van der Waals surface area contributed by atoms with Gasteiger partial charge in [-0.15, -0.1) is 0 Å². The van der Waals surface area contributed by atoms with E-state index in [9.17, 15) is 14.4 Å². The molecule has 1 fully saturated rings. The Bertz CT molecular complexity index is 1250. The molecule has 1 unspecified atom stereocenters. The summed E-state index contributed by atoms with van der Waals surface area (Å²) in [5.74, 6) is 1.16. The fourth-order valence-electron chi connectivity index (χ4n) is 4.42. The summed E-state index contributed by atoms with van der Waals surface area (Å²) in [4.78, 5) is 44.5. The van der Waals surface area contributed by atoms with E-state index in [0.29, 0.717) is 32.0 Å². The second kappa shape index (κ2) is 9.02. The molecule has 170 valence electrons. The average molecular weight is 439 g/mol. The molecule has 1 aromatic carbocycles. The van der Waals surface area contributed by atoms with Crippen LogP contribution in [0.4, 0.5) is 5.82 Å². The molecule has 3 aromatic rings. The van der Waals surface area contributed by atoms with Crippen molar-refractivity contribution in [2.75, 3.05) is 18.0 Å². The van der Waals surface area contributed by atoms with Crippen molar-refractivity contribution in [2.45, 2.75) is 39.3 Å². The number of piperidine rings is 1. The lowest BCUT2D eigenvalue weighted by molar-refractivity contribution is -0.125. The Morgan fingerprint density at radius 1 is 1.19 bits per heavy atom. The largest absolute Gasteiger partial charge is 0.357 e. The Balaban J connectivity index is 1.49. The maximum Gasteiger partial charge on any atom is 0.332 e. The van der Waals surface area contributed by atoms with Crippen LogP contribution >= 0.6 is 0 Å². The molecule has 1 aliphatic rings. The molecule has 0 aliphatic carbocycles. The summed E-state index contributed by atoms with van der Waals surface area (Å²) in [6, 6.07) is 9.39. The molecule has 0 saturated carbocycles. The van der Waals surface area contributed by atoms with Crippen molar-refractivity contribution >= 4 is 22.8 Å². The molecule has 0 radical (unpaired) electrons. The van der Waals surface area contributed by atoms with Gasteiger partial charge >= 0.3 is 5.69 Å². The Morgan fingerprint density at radius 3 is 2.72 bits per heavy atom. The van der Waals surface area contributed by atoms with Crippen molar-refractivity contribution in [3.05, 3.63) is 57.0 Å². The smallest absolute Gasteiger partial charge is 0.332 e. The first-order valence-corrected chi connectivity index (χ1v) is 11.1. The maximum atomic E-state index is 13.0. The molecule has 32 heavy (non-hydrogen) atoms. The van der Waals surface area contributed by atoms with Gasteiger partial charge in [-0.2, -0.15) is 0 Å². The van der Waals surface area contributed by atoms with Crippen molar-refractivity contribution in [3.63, 3.8) is 0 Å². The zero-order valence-corrected chi connectivity index (χ0v) is 18.9. The number of carbonyl (C=O) groups is 1. The number of para-hydroxylation sites is 2. The van der Waals surface area contributed by atoms with Crippen molar-refractivity contribution in [1.29, 1.82) is 0 Å². The number of carbonyl (C=O) groups excluding carboxylic acids is 1. The van der Waals surface area contributed by atoms with E-state index < -0.39 is 0 Å². The first-order chi connectivity index (χ1) is 15.4. The fourth-order valence-corrected chi connectivity index (χ4v) is 4.42. The number of hydrogen-bond donors (Lipinski definition) is 1. The lowest BCUT2D eigenvalue weighted by atomic mass is 9.97. The van der Waals surface area contributed by atoms with Gasteiger partial charge in [0.1, 0.15) is 11.6 Å². The predicted octanol–water partition coefficient (Wildman–Crippen LogP) is 1.38. The predicted molar refractivity (Wildman–Crippen MR) is 124 cm³/mol. The number of imidazole rings is 1. The molecule has 1 saturated heterocycles. The van der Waals surface area contributed by atoms with E-state index in [0.717, 1.165) is 40.7 Å². The summed E-state index contributed by atoms with van der Waals surface area (Å²) in [5, 5.41) is 3.03. The van der Waals surface area contributed by atoms with Gasteiger partial charge in [-0.3, -0.25) is 18.7 Å². The number of nitrogens with one attached hydrogen (secondary N) is 1. The maximum absolute atomic E-state index is 13.0. The third-order valence-electron chi connectivity index (χ3n) is 6.24. The molecule has 0 spiro atoms. The number of amides is 1. The average Bonchev–Trinajstić information content (AvgIpc) is 3.13. The van der Waals surface area contributed by atoms with Gasteiger partial charge in [-0.25, -0.2) is 9.78 Å². The molecular weight excluding hydrogens is 408 g/mol. The number of fused-ring (bicyclic) bond motifs is 1. The van der Waals surface area contributed by atoms with E-state index in [-0.39, 0.29) is 23.1 Å². The molecule has 2 aromatic heterocycles. The molecule has 1 N–H and O–H groups in total. The Morgan fingerprint density at radius 2 is 1.97 bits per heavy atom. The number of aromatic nitrogens is 4. The highest BCUT2D eigenvalue weighted by Crippen LogP contribution is 2.22. The van der Waals surface area contributed by atoms with Gasteiger partial charge < -0.3 is 14.8 Å². The van der Waals surface area contributed by atoms with Crippen LogP contribution in [-0.2, 0) is 32.0 Å². The lowest BCUT2D eigenvalue weighted by Crippen LogP contribution is -2.47. The summed E-state index contributed by atoms with van der Waals surface area (Å²) in [6.45, 7) is 4.07. The van der Waals surface area contributed by atoms with Gasteiger partial charge in [0.25, 0.3) is 5.56 Å². The first-order valence-electron chi connectivity index (χ1n) is 11.1. The second-order valence-corrected chi connectivity index (χ2v) is 8.41. The minimum absolute atomic E-state index is 0.0324. The zero-order valence-electron chi connectivity index (χ0n) is 18.9. The molecule has 1 aliphatic heterocycles. The van der Waals surface area contributed by atoms with E-state index in [1.54, 1.807) is 4.57 Å². The van der Waals surface area contributed by atoms with Crippen LogP contribution in [0.25, 0.3) is 11.0 Å². The van der Waals surface area contributed by atoms with Crippen LogP contribution in [0.15, 0.2) is 39.9 Å². The standard InChI is InChI=1S/C23H30N6O3/c1-4-11-29-20(13-21(30)27(3)23(29)32)28-12-7-8-16(15-28)22(31)24-14-19-25-17-9-5-6-10-18(17)26(19)2/h5-6,9-10,13,16H,4,7-8,11-12,14-15H2,1-3H3,(H,24,31). The number of hydrogen-bond acceptors (Lipinski definition) is 5. The van der Waals surface area contributed by atoms with Crippen molar-refractivity contribution in [2.24, 2.45) is 20.0 Å². The minimum Gasteiger partial charge on any atom is -0.357 e. The van der Waals surface area contributed by atoms with Crippen LogP contribution in [0, 0.1) is 5.92 Å². The normalized spacial score (nSPS) is 16.5. The number of anilines is 1. The van der Waals surface area contributed by atoms with Crippen LogP contribution < -0.4 is 21.5 Å². The quantitative estimate of drug-likeness (QED) is 0.628. The van der Waals surface area contributed by atoms with Crippen LogP contribution in [-0.4, -0.2) is 37.7 Å². The molecule has 1 atom stereocenters. The molecule has 3 heterocycles. The molecular formula is C23H30N6O3. The number of benzene rings is 1. The highest BCUT2D eigenvalue weighted by atomic mass is 16.2. The van der Waals surface area contributed by atoms with Crippen molar-refractivity contribution in [3.8, 4) is 0 Å². The van der Waals surface area contributed by atoms with Crippen LogP contribution in [0.5, 0.6) is 0 Å². The van der Waals surface area contributed by atoms with Gasteiger partial charge in [-0.1, -0.05) is 19.1 Å². The van der Waals surface area contributed by atoms with Crippen molar-refractivity contribution in [1.82, 2.24) is 24.0 Å². The molecule has 9 nitrogen and oxygen atoms in total. The Labute approximate surface area is 186 Å². The topological polar surface area (TPSA) is 94.2 Å². The van der Waals surface area contributed by atoms with E-state index in [1.165, 1.54) is 13.1 Å². The van der Waals surface area contributed by atoms with E-state index >= 15 is 0 Å². The number of rotatable bonds is 6. The van der Waals surface area contributed by atoms with Gasteiger partial charge in [0, 0.05) is 39.8 Å². The first kappa shape index (κ1) is 21.9. The fraction of sp³-hybridized carbons (Fsp3) is 0.478. The Hall–Kier alpha value is -3.36. The van der Waals surface area contributed by atoms with Gasteiger partial charge in [0.15, 0.2) is 0 Å². The molecule has 4 rings (SSSR count). The third-order valence-corrected chi connectivity index (χ3v) is 6.24. The minimum atomic E-state index is -0.328. The van der Waals surface area contributed by atoms with E-state index in [4.69, 9.17) is 0 Å². The van der Waals surface area contributed by atoms with Crippen molar-refractivity contribution < 1.29 is 4.79 Å². The van der Waals surface area contributed by atoms with Crippen LogP contribution in [0.1, 0.15) is 32.0 Å². The van der Waals surface area contributed by atoms with E-state index in [2.05, 4.69) is 10.3 Å². The molecule has 0 bridgehead atoms. The number of aryl methyl sites for hydroxylation is 1. The lowest BCUT2D eigenvalue weighted by Gasteiger charge is -2.34. The van der Waals surface area contributed by atoms with E-state index in [1.807, 2.05) is 47.7 Å². The van der Waals surface area contributed by atoms with Crippen LogP contribution in [0.2, 0.25) is 0 Å². The van der Waals surface area contributed by atoms with Gasteiger partial charge in [-0.05, 0) is 31.4 Å². The molecule has 1 amide bonds. The summed E-state index contributed by atoms with van der Waals surface area (Å²) < 4.78 is 4.76. The summed E-state index contributed by atoms with van der Waals surface area (Å²) in [6.07, 6.45) is 2.37.